The average Bonchev–Trinajstić information content (AvgIpc) is 2.45. The molecule has 0 amide bonds. The quantitative estimate of drug-likeness (QED) is 0.639. The fourth-order valence-corrected chi connectivity index (χ4v) is 1.75. The lowest BCUT2D eigenvalue weighted by atomic mass is 10.1. The Morgan fingerprint density at radius 3 is 2.75 bits per heavy atom. The van der Waals surface area contributed by atoms with Gasteiger partial charge in [0, 0.05) is 25.0 Å². The van der Waals surface area contributed by atoms with Crippen LogP contribution in [0, 0.1) is 10.1 Å². The third-order valence-electron chi connectivity index (χ3n) is 2.66. The summed E-state index contributed by atoms with van der Waals surface area (Å²) in [5.74, 6) is -1.22. The maximum absolute atomic E-state index is 11.1. The van der Waals surface area contributed by atoms with E-state index in [1.54, 1.807) is 24.5 Å². The lowest BCUT2D eigenvalue weighted by Gasteiger charge is -2.09. The number of hydrogen-bond acceptors (Lipinski definition) is 5. The number of carboxylic acid groups (broad SMARTS) is 1. The minimum absolute atomic E-state index is 0.00569. The SMILES string of the molecule is O=C(O)c1cccc([N+](=O)[O-])c1NCc1cccnc1. The van der Waals surface area contributed by atoms with Gasteiger partial charge in [0.15, 0.2) is 0 Å². The summed E-state index contributed by atoms with van der Waals surface area (Å²) in [4.78, 5) is 25.4. The van der Waals surface area contributed by atoms with Crippen LogP contribution in [0.2, 0.25) is 0 Å². The first-order chi connectivity index (χ1) is 9.59. The number of pyridine rings is 1. The summed E-state index contributed by atoms with van der Waals surface area (Å²) >= 11 is 0. The number of nitro groups is 1. The molecule has 102 valence electrons. The number of nitrogens with one attached hydrogen (secondary N) is 1. The molecule has 7 heteroatoms. The second kappa shape index (κ2) is 5.79. The van der Waals surface area contributed by atoms with Crippen molar-refractivity contribution in [3.63, 3.8) is 0 Å². The Kier molecular flexibility index (Phi) is 3.90. The fraction of sp³-hybridized carbons (Fsp3) is 0.0769. The van der Waals surface area contributed by atoms with Gasteiger partial charge in [-0.15, -0.1) is 0 Å². The second-order valence-electron chi connectivity index (χ2n) is 3.98. The molecule has 0 saturated carbocycles. The van der Waals surface area contributed by atoms with Crippen LogP contribution in [-0.4, -0.2) is 21.0 Å². The van der Waals surface area contributed by atoms with Crippen molar-refractivity contribution in [1.82, 2.24) is 4.98 Å². The predicted molar refractivity (Wildman–Crippen MR) is 71.6 cm³/mol. The Bertz CT molecular complexity index is 611. The maximum atomic E-state index is 11.1. The van der Waals surface area contributed by atoms with Gasteiger partial charge in [-0.05, 0) is 17.7 Å². The molecule has 20 heavy (non-hydrogen) atoms. The molecule has 2 rings (SSSR count). The first-order valence-electron chi connectivity index (χ1n) is 5.73. The van der Waals surface area contributed by atoms with E-state index in [-0.39, 0.29) is 23.5 Å². The lowest BCUT2D eigenvalue weighted by Crippen LogP contribution is -2.09. The normalized spacial score (nSPS) is 10.0. The number of anilines is 1. The van der Waals surface area contributed by atoms with Crippen molar-refractivity contribution in [2.24, 2.45) is 0 Å². The monoisotopic (exact) mass is 273 g/mol. The number of hydrogen-bond donors (Lipinski definition) is 2. The molecule has 0 bridgehead atoms. The highest BCUT2D eigenvalue weighted by Crippen LogP contribution is 2.28. The molecular formula is C13H11N3O4. The topological polar surface area (TPSA) is 105 Å². The Balaban J connectivity index is 2.33. The zero-order valence-electron chi connectivity index (χ0n) is 10.3. The van der Waals surface area contributed by atoms with Gasteiger partial charge in [0.25, 0.3) is 5.69 Å². The Morgan fingerprint density at radius 2 is 2.15 bits per heavy atom. The Labute approximate surface area is 114 Å². The Morgan fingerprint density at radius 1 is 1.35 bits per heavy atom. The molecule has 0 unspecified atom stereocenters. The largest absolute Gasteiger partial charge is 0.478 e. The first kappa shape index (κ1) is 13.5. The molecule has 0 aliphatic rings. The van der Waals surface area contributed by atoms with E-state index in [4.69, 9.17) is 5.11 Å². The minimum atomic E-state index is -1.22. The molecule has 1 aromatic heterocycles. The number of benzene rings is 1. The molecule has 0 aliphatic carbocycles. The predicted octanol–water partition coefficient (Wildman–Crippen LogP) is 2.30. The van der Waals surface area contributed by atoms with E-state index in [1.807, 2.05) is 0 Å². The van der Waals surface area contributed by atoms with Crippen LogP contribution in [0.15, 0.2) is 42.7 Å². The fourth-order valence-electron chi connectivity index (χ4n) is 1.75. The molecule has 0 aliphatic heterocycles. The summed E-state index contributed by atoms with van der Waals surface area (Å²) in [5.41, 5.74) is 0.382. The highest BCUT2D eigenvalue weighted by Gasteiger charge is 2.20. The van der Waals surface area contributed by atoms with Crippen LogP contribution in [0.25, 0.3) is 0 Å². The summed E-state index contributed by atoms with van der Waals surface area (Å²) in [6.07, 6.45) is 3.21. The second-order valence-corrected chi connectivity index (χ2v) is 3.98. The van der Waals surface area contributed by atoms with Gasteiger partial charge in [-0.25, -0.2) is 4.79 Å². The molecule has 7 nitrogen and oxygen atoms in total. The summed E-state index contributed by atoms with van der Waals surface area (Å²) < 4.78 is 0. The summed E-state index contributed by atoms with van der Waals surface area (Å²) in [6.45, 7) is 0.249. The van der Waals surface area contributed by atoms with E-state index in [9.17, 15) is 14.9 Å². The number of carboxylic acids is 1. The van der Waals surface area contributed by atoms with Crippen LogP contribution in [0.1, 0.15) is 15.9 Å². The molecule has 1 aromatic carbocycles. The van der Waals surface area contributed by atoms with Crippen molar-refractivity contribution in [2.45, 2.75) is 6.54 Å². The van der Waals surface area contributed by atoms with E-state index < -0.39 is 10.9 Å². The minimum Gasteiger partial charge on any atom is -0.478 e. The third-order valence-corrected chi connectivity index (χ3v) is 2.66. The number of para-hydroxylation sites is 1. The van der Waals surface area contributed by atoms with Crippen molar-refractivity contribution in [3.8, 4) is 0 Å². The van der Waals surface area contributed by atoms with E-state index in [0.717, 1.165) is 5.56 Å². The van der Waals surface area contributed by atoms with Crippen molar-refractivity contribution in [2.75, 3.05) is 5.32 Å². The number of aromatic carboxylic acids is 1. The number of nitrogens with zero attached hydrogens (tertiary/aromatic N) is 2. The van der Waals surface area contributed by atoms with Gasteiger partial charge >= 0.3 is 5.97 Å². The third kappa shape index (κ3) is 2.89. The molecule has 0 saturated heterocycles. The number of nitro benzene ring substituents is 1. The maximum Gasteiger partial charge on any atom is 0.338 e. The van der Waals surface area contributed by atoms with Crippen molar-refractivity contribution in [3.05, 3.63) is 64.0 Å². The standard InChI is InChI=1S/C13H11N3O4/c17-13(18)10-4-1-5-11(16(19)20)12(10)15-8-9-3-2-6-14-7-9/h1-7,15H,8H2,(H,17,18). The molecular weight excluding hydrogens is 262 g/mol. The van der Waals surface area contributed by atoms with Gasteiger partial charge in [-0.1, -0.05) is 12.1 Å². The highest BCUT2D eigenvalue weighted by molar-refractivity contribution is 5.96. The number of aromatic nitrogens is 1. The first-order valence-corrected chi connectivity index (χ1v) is 5.73. The summed E-state index contributed by atoms with van der Waals surface area (Å²) in [7, 11) is 0. The zero-order valence-corrected chi connectivity index (χ0v) is 10.3. The van der Waals surface area contributed by atoms with E-state index in [0.29, 0.717) is 0 Å². The molecule has 0 spiro atoms. The van der Waals surface area contributed by atoms with Gasteiger partial charge in [-0.3, -0.25) is 15.1 Å². The van der Waals surface area contributed by atoms with Gasteiger partial charge in [0.05, 0.1) is 10.5 Å². The smallest absolute Gasteiger partial charge is 0.338 e. The highest BCUT2D eigenvalue weighted by atomic mass is 16.6. The molecule has 0 fully saturated rings. The van der Waals surface area contributed by atoms with Crippen molar-refractivity contribution in [1.29, 1.82) is 0 Å². The van der Waals surface area contributed by atoms with Gasteiger partial charge in [0.2, 0.25) is 0 Å². The van der Waals surface area contributed by atoms with Gasteiger partial charge in [-0.2, -0.15) is 0 Å². The van der Waals surface area contributed by atoms with Crippen LogP contribution in [0.3, 0.4) is 0 Å². The number of carbonyl (C=O) groups is 1. The van der Waals surface area contributed by atoms with E-state index in [1.165, 1.54) is 18.2 Å². The molecule has 0 atom stereocenters. The molecule has 1 heterocycles. The van der Waals surface area contributed by atoms with Crippen molar-refractivity contribution < 1.29 is 14.8 Å². The van der Waals surface area contributed by atoms with Crippen LogP contribution in [0.5, 0.6) is 0 Å². The van der Waals surface area contributed by atoms with E-state index in [2.05, 4.69) is 10.3 Å². The zero-order chi connectivity index (χ0) is 14.5. The van der Waals surface area contributed by atoms with Crippen molar-refractivity contribution >= 4 is 17.3 Å². The lowest BCUT2D eigenvalue weighted by molar-refractivity contribution is -0.384. The molecule has 0 radical (unpaired) electrons. The average molecular weight is 273 g/mol. The van der Waals surface area contributed by atoms with Crippen LogP contribution in [0.4, 0.5) is 11.4 Å². The van der Waals surface area contributed by atoms with E-state index >= 15 is 0 Å². The van der Waals surface area contributed by atoms with Gasteiger partial charge in [0.1, 0.15) is 5.69 Å². The Hall–Kier alpha value is -2.96. The summed E-state index contributed by atoms with van der Waals surface area (Å²) in [6, 6.07) is 7.44. The number of rotatable bonds is 5. The van der Waals surface area contributed by atoms with Gasteiger partial charge < -0.3 is 10.4 Å². The summed E-state index contributed by atoms with van der Waals surface area (Å²) in [5, 5.41) is 22.9. The molecule has 2 aromatic rings. The van der Waals surface area contributed by atoms with Crippen LogP contribution in [-0.2, 0) is 6.54 Å². The molecule has 2 N–H and O–H groups in total. The van der Waals surface area contributed by atoms with Crippen LogP contribution >= 0.6 is 0 Å². The van der Waals surface area contributed by atoms with Crippen LogP contribution < -0.4 is 5.32 Å².